The minimum absolute atomic E-state index is 0.0898. The van der Waals surface area contributed by atoms with Gasteiger partial charge in [0.15, 0.2) is 23.2 Å². The zero-order chi connectivity index (χ0) is 32.5. The topological polar surface area (TPSA) is 185 Å². The molecule has 5 rings (SSSR count). The minimum Gasteiger partial charge on any atom is -0.462 e. The molecule has 1 fully saturated rings. The number of nitrogens with two attached hydrogens (primary N) is 1. The van der Waals surface area contributed by atoms with Crippen LogP contribution < -0.4 is 20.7 Å². The van der Waals surface area contributed by atoms with Crippen molar-refractivity contribution in [1.29, 1.82) is 0 Å². The average Bonchev–Trinajstić information content (AvgIpc) is 3.53. The van der Waals surface area contributed by atoms with E-state index in [1.54, 1.807) is 45.2 Å². The number of alkyl halides is 1. The fourth-order valence-electron chi connectivity index (χ4n) is 4.88. The van der Waals surface area contributed by atoms with Crippen LogP contribution in [0.4, 0.5) is 16.2 Å². The van der Waals surface area contributed by atoms with Gasteiger partial charge in [0.1, 0.15) is 24.0 Å². The molecule has 14 nitrogen and oxygen atoms in total. The lowest BCUT2D eigenvalue weighted by atomic mass is 9.97. The van der Waals surface area contributed by atoms with Gasteiger partial charge < -0.3 is 30.2 Å². The fraction of sp³-hybridized carbons (Fsp3) is 0.379. The molecule has 1 aliphatic heterocycles. The van der Waals surface area contributed by atoms with Crippen LogP contribution in [0.3, 0.4) is 0 Å². The Bertz CT molecular complexity index is 1810. The molecule has 3 heterocycles. The summed E-state index contributed by atoms with van der Waals surface area (Å²) in [5.41, 5.74) is 3.37. The summed E-state index contributed by atoms with van der Waals surface area (Å²) in [5.74, 6) is 1.60. The number of ether oxygens (including phenoxy) is 2. The molecule has 1 aliphatic rings. The number of hydrogen-bond donors (Lipinski definition) is 4. The van der Waals surface area contributed by atoms with Crippen molar-refractivity contribution in [3.8, 4) is 18.1 Å². The number of imidazole rings is 1. The molecule has 1 saturated heterocycles. The lowest BCUT2D eigenvalue weighted by Gasteiger charge is -2.25. The van der Waals surface area contributed by atoms with Gasteiger partial charge in [-0.05, 0) is 32.2 Å². The van der Waals surface area contributed by atoms with Crippen molar-refractivity contribution in [3.05, 3.63) is 48.8 Å². The quantitative estimate of drug-likeness (QED) is 0.106. The predicted molar refractivity (Wildman–Crippen MR) is 164 cm³/mol. The Morgan fingerprint density at radius 3 is 2.71 bits per heavy atom. The maximum atomic E-state index is 16.3. The zero-order valence-electron chi connectivity index (χ0n) is 24.9. The lowest BCUT2D eigenvalue weighted by molar-refractivity contribution is -0.149. The van der Waals surface area contributed by atoms with Gasteiger partial charge in [-0.3, -0.25) is 13.9 Å². The largest absolute Gasteiger partial charge is 0.462 e. The first-order valence-corrected chi connectivity index (χ1v) is 15.5. The smallest absolute Gasteiger partial charge is 0.459 e. The van der Waals surface area contributed by atoms with Crippen LogP contribution in [0.5, 0.6) is 5.75 Å². The van der Waals surface area contributed by atoms with Crippen molar-refractivity contribution in [3.63, 3.8) is 0 Å². The summed E-state index contributed by atoms with van der Waals surface area (Å²) in [6.07, 6.45) is 1.31. The second-order valence-corrected chi connectivity index (χ2v) is 12.3. The summed E-state index contributed by atoms with van der Waals surface area (Å²) < 4.78 is 54.5. The third-order valence-electron chi connectivity index (χ3n) is 7.03. The number of carbonyl (C=O) groups is 1. The summed E-state index contributed by atoms with van der Waals surface area (Å²) in [6.45, 7) is 4.09. The number of benzene rings is 2. The normalized spacial score (nSPS) is 23.5. The van der Waals surface area contributed by atoms with Crippen molar-refractivity contribution in [2.24, 2.45) is 0 Å². The van der Waals surface area contributed by atoms with Crippen LogP contribution in [0.2, 0.25) is 0 Å². The first-order valence-electron chi connectivity index (χ1n) is 14.0. The number of rotatable bonds is 11. The van der Waals surface area contributed by atoms with E-state index in [1.165, 1.54) is 17.8 Å². The van der Waals surface area contributed by atoms with Crippen LogP contribution in [-0.4, -0.2) is 74.3 Å². The molecule has 4 aromatic rings. The SMILES string of the molecule is C#C[C@@]1(F)[C@H](O)[C@@H](CO[P@@](=O)(N[C@@H](C)C(=O)OC(C)C)Oc2cccc3ccccc23)O[C@H]1n1cnc2c(NC)nc(N)nc21. The van der Waals surface area contributed by atoms with Crippen LogP contribution in [0.25, 0.3) is 21.9 Å². The van der Waals surface area contributed by atoms with Crippen LogP contribution in [0, 0.1) is 12.3 Å². The summed E-state index contributed by atoms with van der Waals surface area (Å²) in [5, 5.41) is 17.9. The summed E-state index contributed by atoms with van der Waals surface area (Å²) in [6, 6.07) is 11.2. The number of anilines is 2. The molecular formula is C29H33FN7O7P. The molecule has 6 atom stereocenters. The number of aliphatic hydroxyl groups is 1. The number of nitrogens with zero attached hydrogens (tertiary/aromatic N) is 4. The van der Waals surface area contributed by atoms with Crippen molar-refractivity contribution < 1.29 is 37.4 Å². The molecule has 0 bridgehead atoms. The van der Waals surface area contributed by atoms with E-state index in [-0.39, 0.29) is 28.7 Å². The Morgan fingerprint density at radius 2 is 2.00 bits per heavy atom. The van der Waals surface area contributed by atoms with E-state index >= 15 is 4.39 Å². The van der Waals surface area contributed by atoms with E-state index in [2.05, 4.69) is 25.4 Å². The molecule has 238 valence electrons. The minimum atomic E-state index is -4.45. The highest BCUT2D eigenvalue weighted by Crippen LogP contribution is 2.49. The lowest BCUT2D eigenvalue weighted by Crippen LogP contribution is -2.42. The van der Waals surface area contributed by atoms with Gasteiger partial charge in [-0.25, -0.2) is 13.9 Å². The molecule has 0 amide bonds. The molecule has 5 N–H and O–H groups in total. The number of esters is 1. The van der Waals surface area contributed by atoms with Gasteiger partial charge in [-0.15, -0.1) is 6.42 Å². The number of nitrogens with one attached hydrogen (secondary N) is 2. The second-order valence-electron chi connectivity index (χ2n) is 10.6. The average molecular weight is 642 g/mol. The molecule has 2 aromatic carbocycles. The Labute approximate surface area is 258 Å². The summed E-state index contributed by atoms with van der Waals surface area (Å²) in [7, 11) is -2.85. The van der Waals surface area contributed by atoms with Crippen LogP contribution in [0.15, 0.2) is 48.8 Å². The monoisotopic (exact) mass is 641 g/mol. The Kier molecular flexibility index (Phi) is 8.97. The fourth-order valence-corrected chi connectivity index (χ4v) is 6.40. The highest BCUT2D eigenvalue weighted by molar-refractivity contribution is 7.52. The van der Waals surface area contributed by atoms with Crippen molar-refractivity contribution in [2.75, 3.05) is 24.7 Å². The third-order valence-corrected chi connectivity index (χ3v) is 8.66. The van der Waals surface area contributed by atoms with Gasteiger partial charge in [-0.1, -0.05) is 42.3 Å². The number of nitrogen functional groups attached to an aromatic ring is 1. The van der Waals surface area contributed by atoms with Gasteiger partial charge in [0.25, 0.3) is 0 Å². The van der Waals surface area contributed by atoms with E-state index in [9.17, 15) is 14.5 Å². The van der Waals surface area contributed by atoms with Crippen molar-refractivity contribution in [1.82, 2.24) is 24.6 Å². The van der Waals surface area contributed by atoms with Gasteiger partial charge in [0.2, 0.25) is 11.6 Å². The summed E-state index contributed by atoms with van der Waals surface area (Å²) >= 11 is 0. The van der Waals surface area contributed by atoms with Gasteiger partial charge in [-0.2, -0.15) is 15.1 Å². The number of fused-ring (bicyclic) bond motifs is 2. The molecule has 0 unspecified atom stereocenters. The highest BCUT2D eigenvalue weighted by atomic mass is 31.2. The molecule has 0 aliphatic carbocycles. The van der Waals surface area contributed by atoms with E-state index in [1.807, 2.05) is 24.1 Å². The van der Waals surface area contributed by atoms with E-state index in [0.717, 1.165) is 5.39 Å². The third kappa shape index (κ3) is 6.28. The molecule has 0 saturated carbocycles. The number of carbonyl (C=O) groups excluding carboxylic acids is 1. The number of terminal acetylenes is 1. The van der Waals surface area contributed by atoms with Crippen LogP contribution in [-0.2, 0) is 23.4 Å². The van der Waals surface area contributed by atoms with Gasteiger partial charge in [0, 0.05) is 12.4 Å². The predicted octanol–water partition coefficient (Wildman–Crippen LogP) is 3.34. The molecular weight excluding hydrogens is 608 g/mol. The van der Waals surface area contributed by atoms with Crippen LogP contribution >= 0.6 is 7.75 Å². The molecule has 45 heavy (non-hydrogen) atoms. The number of aliphatic hydroxyl groups excluding tert-OH is 1. The van der Waals surface area contributed by atoms with E-state index in [4.69, 9.17) is 30.7 Å². The summed E-state index contributed by atoms with van der Waals surface area (Å²) in [4.78, 5) is 25.0. The Morgan fingerprint density at radius 1 is 1.27 bits per heavy atom. The number of hydrogen-bond acceptors (Lipinski definition) is 12. The van der Waals surface area contributed by atoms with E-state index < -0.39 is 56.6 Å². The Balaban J connectivity index is 1.44. The van der Waals surface area contributed by atoms with Crippen molar-refractivity contribution in [2.45, 2.75) is 57.0 Å². The van der Waals surface area contributed by atoms with Crippen LogP contribution in [0.1, 0.15) is 27.0 Å². The van der Waals surface area contributed by atoms with E-state index in [0.29, 0.717) is 5.39 Å². The van der Waals surface area contributed by atoms with Gasteiger partial charge in [0.05, 0.1) is 19.0 Å². The Hall–Kier alpha value is -4.32. The van der Waals surface area contributed by atoms with Crippen molar-refractivity contribution >= 4 is 47.4 Å². The first-order chi connectivity index (χ1) is 21.4. The standard InChI is InChI=1S/C29H33FN7O7P/c1-6-29(30)23(38)21(43-27(29)37-15-33-22-24(32-5)34-28(31)35-25(22)37)14-41-45(40,36-17(4)26(39)42-16(2)3)44-20-13-9-11-18-10-7-8-12-19(18)20/h1,7-13,15-17,21,23,27,38H,14H2,2-5H3,(H,36,40)(H3,31,32,34,35)/t17-,21+,23+,27+,29+,45-/m0/s1. The molecule has 16 heteroatoms. The zero-order valence-corrected chi connectivity index (χ0v) is 25.8. The second kappa shape index (κ2) is 12.6. The molecule has 0 radical (unpaired) electrons. The number of aromatic nitrogens is 4. The molecule has 0 spiro atoms. The maximum Gasteiger partial charge on any atom is 0.459 e. The molecule has 2 aromatic heterocycles. The highest BCUT2D eigenvalue weighted by Gasteiger charge is 2.58. The maximum absolute atomic E-state index is 16.3. The first kappa shape index (κ1) is 32.1. The van der Waals surface area contributed by atoms with Gasteiger partial charge >= 0.3 is 13.7 Å². The number of halogens is 1.